The molecule has 1 N–H and O–H groups in total. The summed E-state index contributed by atoms with van der Waals surface area (Å²) in [6, 6.07) is 6.76. The van der Waals surface area contributed by atoms with Crippen molar-refractivity contribution in [1.82, 2.24) is 5.32 Å². The smallest absolute Gasteiger partial charge is 0.355 e. The van der Waals surface area contributed by atoms with Crippen LogP contribution in [0.5, 0.6) is 0 Å². The van der Waals surface area contributed by atoms with E-state index in [1.165, 1.54) is 41.1 Å². The fourth-order valence-corrected chi connectivity index (χ4v) is 4.30. The zero-order valence-electron chi connectivity index (χ0n) is 17.4. The van der Waals surface area contributed by atoms with Gasteiger partial charge in [-0.1, -0.05) is 12.2 Å². The van der Waals surface area contributed by atoms with Crippen molar-refractivity contribution in [3.05, 3.63) is 71.1 Å². The van der Waals surface area contributed by atoms with Gasteiger partial charge in [-0.2, -0.15) is 18.4 Å². The van der Waals surface area contributed by atoms with Gasteiger partial charge in [-0.3, -0.25) is 14.6 Å². The first-order valence-corrected chi connectivity index (χ1v) is 10.1. The van der Waals surface area contributed by atoms with E-state index in [2.05, 4.69) is 5.32 Å². The molecule has 2 aromatic rings. The van der Waals surface area contributed by atoms with E-state index in [1.807, 2.05) is 6.08 Å². The number of fused-ring (bicyclic) bond motifs is 1. The van der Waals surface area contributed by atoms with Crippen molar-refractivity contribution in [1.29, 1.82) is 5.26 Å². The van der Waals surface area contributed by atoms with Gasteiger partial charge in [0.25, 0.3) is 5.91 Å². The number of benzene rings is 2. The van der Waals surface area contributed by atoms with E-state index in [-0.39, 0.29) is 16.9 Å². The molecule has 1 aliphatic carbocycles. The van der Waals surface area contributed by atoms with E-state index in [0.29, 0.717) is 12.8 Å². The highest BCUT2D eigenvalue weighted by Gasteiger charge is 2.47. The monoisotopic (exact) mass is 458 g/mol. The summed E-state index contributed by atoms with van der Waals surface area (Å²) in [6.45, 7) is 0. The summed E-state index contributed by atoms with van der Waals surface area (Å²) < 4.78 is 55.1. The second-order valence-electron chi connectivity index (χ2n) is 7.67. The molecule has 1 fully saturated rings. The average molecular weight is 458 g/mol. The second kappa shape index (κ2) is 8.24. The number of carbonyl (C=O) groups is 2. The topological polar surface area (TPSA) is 76.4 Å². The molecule has 2 atom stereocenters. The van der Waals surface area contributed by atoms with Gasteiger partial charge in [-0.05, 0) is 49.2 Å². The molecule has 3 amide bonds. The first-order chi connectivity index (χ1) is 15.7. The molecule has 4 rings (SSSR count). The lowest BCUT2D eigenvalue weighted by Crippen LogP contribution is -2.38. The molecule has 0 aromatic heterocycles. The summed E-state index contributed by atoms with van der Waals surface area (Å²) in [5, 5.41) is 11.4. The zero-order chi connectivity index (χ0) is 23.9. The largest absolute Gasteiger partial charge is 0.417 e. The maximum Gasteiger partial charge on any atom is 0.417 e. The number of hydrogen-bond donors (Lipinski definition) is 1. The average Bonchev–Trinajstić information content (AvgIpc) is 3.09. The van der Waals surface area contributed by atoms with Crippen LogP contribution in [0.15, 0.2) is 48.6 Å². The molecule has 33 heavy (non-hydrogen) atoms. The molecule has 1 heterocycles. The molecule has 170 valence electrons. The summed E-state index contributed by atoms with van der Waals surface area (Å²) in [5.74, 6) is -1.44. The van der Waals surface area contributed by atoms with Crippen LogP contribution >= 0.6 is 0 Å². The van der Waals surface area contributed by atoms with Gasteiger partial charge in [0.15, 0.2) is 0 Å². The minimum absolute atomic E-state index is 0.0159. The van der Waals surface area contributed by atoms with Crippen molar-refractivity contribution in [2.45, 2.75) is 31.1 Å². The van der Waals surface area contributed by atoms with Crippen molar-refractivity contribution in [3.63, 3.8) is 0 Å². The van der Waals surface area contributed by atoms with E-state index in [4.69, 9.17) is 5.26 Å². The van der Waals surface area contributed by atoms with Crippen LogP contribution in [-0.2, 0) is 6.18 Å². The fraction of sp³-hybridized carbons (Fsp3) is 0.261. The third-order valence-electron chi connectivity index (χ3n) is 5.81. The van der Waals surface area contributed by atoms with E-state index >= 15 is 0 Å². The van der Waals surface area contributed by atoms with E-state index in [9.17, 15) is 27.2 Å². The standard InChI is InChI=1S/C23H18F4N4O2/c1-29-21(32)16-9-8-15(11-18(16)24)31-20-5-3-2-4-19(20)30(22(31)33)14-7-6-13(12-28)17(10-14)23(25,26)27/h2,4,6-11,19-20H,3,5H2,1H3,(H,29,32)/t19-,20-/m0/s1. The Morgan fingerprint density at radius 1 is 1.15 bits per heavy atom. The first kappa shape index (κ1) is 22.3. The third kappa shape index (κ3) is 3.80. The quantitative estimate of drug-likeness (QED) is 0.539. The summed E-state index contributed by atoms with van der Waals surface area (Å²) in [6.07, 6.45) is -0.0329. The summed E-state index contributed by atoms with van der Waals surface area (Å²) in [5.41, 5.74) is -1.68. The molecular weight excluding hydrogens is 440 g/mol. The van der Waals surface area contributed by atoms with Crippen molar-refractivity contribution >= 4 is 23.3 Å². The van der Waals surface area contributed by atoms with Gasteiger partial charge in [0.1, 0.15) is 5.82 Å². The van der Waals surface area contributed by atoms with Gasteiger partial charge >= 0.3 is 12.2 Å². The molecule has 1 saturated heterocycles. The number of rotatable bonds is 3. The van der Waals surface area contributed by atoms with Crippen molar-refractivity contribution < 1.29 is 27.2 Å². The molecule has 10 heteroatoms. The minimum atomic E-state index is -4.77. The Morgan fingerprint density at radius 3 is 2.48 bits per heavy atom. The van der Waals surface area contributed by atoms with Crippen LogP contribution in [0.3, 0.4) is 0 Å². The number of allylic oxidation sites excluding steroid dienone is 1. The molecular formula is C23H18F4N4O2. The van der Waals surface area contributed by atoms with Gasteiger partial charge in [0.05, 0.1) is 34.8 Å². The molecule has 0 spiro atoms. The highest BCUT2D eigenvalue weighted by Crippen LogP contribution is 2.40. The number of halogens is 4. The van der Waals surface area contributed by atoms with Crippen LogP contribution in [0.1, 0.15) is 34.3 Å². The van der Waals surface area contributed by atoms with E-state index in [1.54, 1.807) is 6.08 Å². The molecule has 2 aliphatic rings. The molecule has 0 radical (unpaired) electrons. The number of nitrogens with zero attached hydrogens (tertiary/aromatic N) is 3. The van der Waals surface area contributed by atoms with Gasteiger partial charge in [0, 0.05) is 18.4 Å². The van der Waals surface area contributed by atoms with Crippen LogP contribution in [0, 0.1) is 17.1 Å². The highest BCUT2D eigenvalue weighted by atomic mass is 19.4. The number of alkyl halides is 3. The van der Waals surface area contributed by atoms with E-state index in [0.717, 1.165) is 18.2 Å². The number of amides is 3. The van der Waals surface area contributed by atoms with Crippen molar-refractivity contribution in [3.8, 4) is 6.07 Å². The molecule has 0 saturated carbocycles. The predicted octanol–water partition coefficient (Wildman–Crippen LogP) is 4.61. The number of anilines is 2. The van der Waals surface area contributed by atoms with Crippen molar-refractivity contribution in [2.24, 2.45) is 0 Å². The lowest BCUT2D eigenvalue weighted by atomic mass is 9.95. The Labute approximate surface area is 186 Å². The Kier molecular flexibility index (Phi) is 5.57. The maximum atomic E-state index is 14.6. The predicted molar refractivity (Wildman–Crippen MR) is 112 cm³/mol. The van der Waals surface area contributed by atoms with Crippen LogP contribution in [0.2, 0.25) is 0 Å². The van der Waals surface area contributed by atoms with Gasteiger partial charge in [0.2, 0.25) is 0 Å². The van der Waals surface area contributed by atoms with Gasteiger partial charge < -0.3 is 5.32 Å². The first-order valence-electron chi connectivity index (χ1n) is 10.1. The lowest BCUT2D eigenvalue weighted by molar-refractivity contribution is -0.137. The fourth-order valence-electron chi connectivity index (χ4n) is 4.30. The Hall–Kier alpha value is -3.87. The van der Waals surface area contributed by atoms with Crippen LogP contribution in [0.4, 0.5) is 33.7 Å². The molecule has 0 bridgehead atoms. The minimum Gasteiger partial charge on any atom is -0.355 e. The van der Waals surface area contributed by atoms with Gasteiger partial charge in [-0.25, -0.2) is 9.18 Å². The number of nitrogens with one attached hydrogen (secondary N) is 1. The molecule has 2 aromatic carbocycles. The maximum absolute atomic E-state index is 14.6. The Balaban J connectivity index is 1.79. The summed E-state index contributed by atoms with van der Waals surface area (Å²) >= 11 is 0. The van der Waals surface area contributed by atoms with Crippen LogP contribution < -0.4 is 15.1 Å². The van der Waals surface area contributed by atoms with Crippen LogP contribution in [-0.4, -0.2) is 31.1 Å². The van der Waals surface area contributed by atoms with E-state index < -0.39 is 47.1 Å². The SMILES string of the molecule is CNC(=O)c1ccc(N2C(=O)N(c3ccc(C#N)c(C(F)(F)F)c3)[C@H]3C=CCC[C@@H]32)cc1F. The van der Waals surface area contributed by atoms with Crippen molar-refractivity contribution in [2.75, 3.05) is 16.8 Å². The lowest BCUT2D eigenvalue weighted by Gasteiger charge is -2.28. The van der Waals surface area contributed by atoms with Crippen LogP contribution in [0.25, 0.3) is 0 Å². The molecule has 1 aliphatic heterocycles. The third-order valence-corrected chi connectivity index (χ3v) is 5.81. The normalized spacial score (nSPS) is 19.9. The highest BCUT2D eigenvalue weighted by molar-refractivity contribution is 6.08. The van der Waals surface area contributed by atoms with Gasteiger partial charge in [-0.15, -0.1) is 0 Å². The number of urea groups is 1. The Bertz CT molecular complexity index is 1200. The Morgan fingerprint density at radius 2 is 1.85 bits per heavy atom. The summed E-state index contributed by atoms with van der Waals surface area (Å²) in [7, 11) is 1.36. The number of hydrogen-bond acceptors (Lipinski definition) is 3. The number of carbonyl (C=O) groups excluding carboxylic acids is 2. The molecule has 6 nitrogen and oxygen atoms in total. The second-order valence-corrected chi connectivity index (χ2v) is 7.67. The summed E-state index contributed by atoms with van der Waals surface area (Å²) in [4.78, 5) is 27.8. The molecule has 0 unspecified atom stereocenters. The zero-order valence-corrected chi connectivity index (χ0v) is 17.4. The number of nitriles is 1.